The van der Waals surface area contributed by atoms with Gasteiger partial charge in [-0.3, -0.25) is 4.79 Å². The fourth-order valence-electron chi connectivity index (χ4n) is 2.11. The van der Waals surface area contributed by atoms with Crippen LogP contribution < -0.4 is 10.5 Å². The van der Waals surface area contributed by atoms with Gasteiger partial charge in [0.1, 0.15) is 0 Å². The molecule has 5 heteroatoms. The number of aryl methyl sites for hydroxylation is 1. The smallest absolute Gasteiger partial charge is 0.268 e. The molecule has 0 bridgehead atoms. The molecule has 2 heterocycles. The van der Waals surface area contributed by atoms with Crippen molar-refractivity contribution in [3.8, 4) is 0 Å². The maximum atomic E-state index is 11.8. The summed E-state index contributed by atoms with van der Waals surface area (Å²) in [6.45, 7) is 2.79. The van der Waals surface area contributed by atoms with E-state index in [0.717, 1.165) is 37.4 Å². The molecule has 2 rings (SSSR count). The van der Waals surface area contributed by atoms with Crippen molar-refractivity contribution in [1.82, 2.24) is 9.78 Å². The van der Waals surface area contributed by atoms with E-state index in [9.17, 15) is 4.79 Å². The van der Waals surface area contributed by atoms with Crippen LogP contribution in [0.3, 0.4) is 0 Å². The Kier molecular flexibility index (Phi) is 4.48. The molecular formula is C12H19N3OS. The topological polar surface area (TPSA) is 38.1 Å². The molecule has 1 aromatic heterocycles. The summed E-state index contributed by atoms with van der Waals surface area (Å²) < 4.78 is 1.54. The summed E-state index contributed by atoms with van der Waals surface area (Å²) >= 11 is 4.15. The molecule has 1 aliphatic heterocycles. The molecule has 0 radical (unpaired) electrons. The zero-order valence-corrected chi connectivity index (χ0v) is 10.9. The third-order valence-corrected chi connectivity index (χ3v) is 3.42. The minimum atomic E-state index is 0.00793. The highest BCUT2D eigenvalue weighted by molar-refractivity contribution is 7.80. The average Bonchev–Trinajstić information content (AvgIpc) is 2.85. The van der Waals surface area contributed by atoms with Crippen LogP contribution in [0.25, 0.3) is 0 Å². The number of nitrogens with zero attached hydrogens (tertiary/aromatic N) is 3. The van der Waals surface area contributed by atoms with E-state index in [-0.39, 0.29) is 5.56 Å². The lowest BCUT2D eigenvalue weighted by Gasteiger charge is -2.17. The zero-order chi connectivity index (χ0) is 12.1. The third kappa shape index (κ3) is 3.25. The van der Waals surface area contributed by atoms with Crippen molar-refractivity contribution in [2.75, 3.05) is 23.7 Å². The summed E-state index contributed by atoms with van der Waals surface area (Å²) in [5, 5.41) is 4.23. The monoisotopic (exact) mass is 253 g/mol. The van der Waals surface area contributed by atoms with Crippen LogP contribution in [0.5, 0.6) is 0 Å². The first-order chi connectivity index (χ1) is 8.31. The molecule has 1 fully saturated rings. The minimum Gasteiger partial charge on any atom is -0.370 e. The summed E-state index contributed by atoms with van der Waals surface area (Å²) in [6, 6.07) is 1.71. The second-order valence-corrected chi connectivity index (χ2v) is 4.85. The van der Waals surface area contributed by atoms with Gasteiger partial charge in [-0.1, -0.05) is 0 Å². The van der Waals surface area contributed by atoms with Gasteiger partial charge in [0.25, 0.3) is 5.56 Å². The molecule has 0 aliphatic carbocycles. The van der Waals surface area contributed by atoms with Gasteiger partial charge in [-0.25, -0.2) is 4.68 Å². The third-order valence-electron chi connectivity index (χ3n) is 3.10. The van der Waals surface area contributed by atoms with Crippen LogP contribution in [0.2, 0.25) is 0 Å². The highest BCUT2D eigenvalue weighted by Crippen LogP contribution is 2.16. The zero-order valence-electron chi connectivity index (χ0n) is 10.0. The van der Waals surface area contributed by atoms with Crippen molar-refractivity contribution in [3.05, 3.63) is 22.6 Å². The minimum absolute atomic E-state index is 0.00793. The van der Waals surface area contributed by atoms with Crippen molar-refractivity contribution in [2.45, 2.75) is 32.2 Å². The molecule has 1 aromatic rings. The number of hydrogen-bond donors (Lipinski definition) is 1. The second-order valence-electron chi connectivity index (χ2n) is 4.40. The fraction of sp³-hybridized carbons (Fsp3) is 0.667. The van der Waals surface area contributed by atoms with Crippen molar-refractivity contribution in [2.24, 2.45) is 0 Å². The Balaban J connectivity index is 2.03. The van der Waals surface area contributed by atoms with Crippen LogP contribution in [0.1, 0.15) is 25.7 Å². The fourth-order valence-corrected chi connectivity index (χ4v) is 2.34. The van der Waals surface area contributed by atoms with Crippen molar-refractivity contribution in [1.29, 1.82) is 0 Å². The molecule has 0 amide bonds. The standard InChI is InChI=1S/C12H19N3OS/c16-12-9-11(14-5-1-2-6-14)10-13-15(12)7-3-4-8-17/h9-10,17H,1-8H2. The lowest BCUT2D eigenvalue weighted by atomic mass is 10.3. The summed E-state index contributed by atoms with van der Waals surface area (Å²) in [7, 11) is 0. The highest BCUT2D eigenvalue weighted by atomic mass is 32.1. The SMILES string of the molecule is O=c1cc(N2CCCC2)cnn1CCCCS. The number of aromatic nitrogens is 2. The average molecular weight is 253 g/mol. The summed E-state index contributed by atoms with van der Waals surface area (Å²) in [5.74, 6) is 0.862. The Morgan fingerprint density at radius 3 is 2.71 bits per heavy atom. The molecule has 17 heavy (non-hydrogen) atoms. The normalized spacial score (nSPS) is 15.5. The lowest BCUT2D eigenvalue weighted by molar-refractivity contribution is 0.544. The molecule has 0 spiro atoms. The van der Waals surface area contributed by atoms with Gasteiger partial charge in [0, 0.05) is 25.7 Å². The van der Waals surface area contributed by atoms with Crippen LogP contribution in [-0.4, -0.2) is 28.6 Å². The number of anilines is 1. The number of hydrogen-bond acceptors (Lipinski definition) is 4. The van der Waals surface area contributed by atoms with Gasteiger partial charge in [0.05, 0.1) is 11.9 Å². The molecule has 1 aliphatic rings. The Hall–Kier alpha value is -0.970. The quantitative estimate of drug-likeness (QED) is 0.639. The van der Waals surface area contributed by atoms with Crippen molar-refractivity contribution in [3.63, 3.8) is 0 Å². The summed E-state index contributed by atoms with van der Waals surface area (Å²) in [6.07, 6.45) is 6.22. The van der Waals surface area contributed by atoms with E-state index >= 15 is 0 Å². The number of thiol groups is 1. The molecule has 0 aromatic carbocycles. The molecule has 1 saturated heterocycles. The Bertz CT molecular complexity index is 412. The molecule has 0 saturated carbocycles. The first-order valence-electron chi connectivity index (χ1n) is 6.24. The van der Waals surface area contributed by atoms with Crippen molar-refractivity contribution < 1.29 is 0 Å². The Labute approximate surface area is 107 Å². The number of unbranched alkanes of at least 4 members (excludes halogenated alkanes) is 1. The van der Waals surface area contributed by atoms with Crippen LogP contribution in [-0.2, 0) is 6.54 Å². The van der Waals surface area contributed by atoms with Gasteiger partial charge in [-0.05, 0) is 31.4 Å². The predicted octanol–water partition coefficient (Wildman–Crippen LogP) is 1.55. The van der Waals surface area contributed by atoms with Gasteiger partial charge in [-0.2, -0.15) is 17.7 Å². The van der Waals surface area contributed by atoms with E-state index in [0.29, 0.717) is 6.54 Å². The maximum absolute atomic E-state index is 11.8. The van der Waals surface area contributed by atoms with Crippen LogP contribution in [0.15, 0.2) is 17.1 Å². The highest BCUT2D eigenvalue weighted by Gasteiger charge is 2.13. The molecular weight excluding hydrogens is 234 g/mol. The molecule has 0 N–H and O–H groups in total. The maximum Gasteiger partial charge on any atom is 0.268 e. The van der Waals surface area contributed by atoms with Crippen molar-refractivity contribution >= 4 is 18.3 Å². The van der Waals surface area contributed by atoms with E-state index in [1.807, 2.05) is 6.20 Å². The van der Waals surface area contributed by atoms with E-state index in [1.165, 1.54) is 12.8 Å². The van der Waals surface area contributed by atoms with Crippen LogP contribution in [0, 0.1) is 0 Å². The van der Waals surface area contributed by atoms with Gasteiger partial charge < -0.3 is 4.90 Å². The Morgan fingerprint density at radius 2 is 2.06 bits per heavy atom. The van der Waals surface area contributed by atoms with E-state index < -0.39 is 0 Å². The summed E-state index contributed by atoms with van der Waals surface area (Å²) in [4.78, 5) is 14.1. The van der Waals surface area contributed by atoms with Gasteiger partial charge in [-0.15, -0.1) is 0 Å². The van der Waals surface area contributed by atoms with Crippen LogP contribution in [0.4, 0.5) is 5.69 Å². The molecule has 4 nitrogen and oxygen atoms in total. The first kappa shape index (κ1) is 12.5. The largest absolute Gasteiger partial charge is 0.370 e. The Morgan fingerprint density at radius 1 is 1.29 bits per heavy atom. The molecule has 94 valence electrons. The summed E-state index contributed by atoms with van der Waals surface area (Å²) in [5.41, 5.74) is 0.978. The van der Waals surface area contributed by atoms with Crippen LogP contribution >= 0.6 is 12.6 Å². The number of rotatable bonds is 5. The molecule has 0 unspecified atom stereocenters. The van der Waals surface area contributed by atoms with Gasteiger partial charge in [0.2, 0.25) is 0 Å². The second kappa shape index (κ2) is 6.10. The first-order valence-corrected chi connectivity index (χ1v) is 6.87. The lowest BCUT2D eigenvalue weighted by Crippen LogP contribution is -2.26. The van der Waals surface area contributed by atoms with E-state index in [2.05, 4.69) is 22.6 Å². The van der Waals surface area contributed by atoms with Gasteiger partial charge >= 0.3 is 0 Å². The van der Waals surface area contributed by atoms with E-state index in [4.69, 9.17) is 0 Å². The molecule has 0 atom stereocenters. The van der Waals surface area contributed by atoms with E-state index in [1.54, 1.807) is 10.7 Å². The van der Waals surface area contributed by atoms with Gasteiger partial charge in [0.15, 0.2) is 0 Å². The predicted molar refractivity (Wildman–Crippen MR) is 73.0 cm³/mol.